The number of rotatable bonds is 4. The number of thiophene rings is 1. The van der Waals surface area contributed by atoms with Gasteiger partial charge in [0.15, 0.2) is 0 Å². The first-order valence-corrected chi connectivity index (χ1v) is 7.67. The van der Waals surface area contributed by atoms with E-state index in [0.29, 0.717) is 11.8 Å². The van der Waals surface area contributed by atoms with Crippen molar-refractivity contribution in [1.29, 1.82) is 0 Å². The van der Waals surface area contributed by atoms with E-state index < -0.39 is 0 Å². The molecule has 0 saturated heterocycles. The number of hydrogen-bond acceptors (Lipinski definition) is 3. The van der Waals surface area contributed by atoms with Crippen molar-refractivity contribution in [2.45, 2.75) is 18.4 Å². The lowest BCUT2D eigenvalue weighted by Gasteiger charge is -2.14. The van der Waals surface area contributed by atoms with Gasteiger partial charge >= 0.3 is 0 Å². The second-order valence-corrected chi connectivity index (χ2v) is 7.20. The molecule has 4 heteroatoms. The standard InChI is InChI=1S/C14H15BrN2S/c15-13-7-6-12(18-13)14(17-16)11-8-10(11)9-4-2-1-3-5-9/h1-7,10-11,14,17H,8,16H2. The van der Waals surface area contributed by atoms with Crippen molar-refractivity contribution in [3.63, 3.8) is 0 Å². The average molecular weight is 323 g/mol. The summed E-state index contributed by atoms with van der Waals surface area (Å²) in [5.41, 5.74) is 4.41. The molecule has 3 unspecified atom stereocenters. The van der Waals surface area contributed by atoms with Crippen LogP contribution in [0.15, 0.2) is 46.3 Å². The van der Waals surface area contributed by atoms with Gasteiger partial charge in [0.2, 0.25) is 0 Å². The van der Waals surface area contributed by atoms with Crippen LogP contribution in [0.5, 0.6) is 0 Å². The molecule has 1 aliphatic rings. The van der Waals surface area contributed by atoms with Crippen LogP contribution < -0.4 is 11.3 Å². The molecule has 2 nitrogen and oxygen atoms in total. The fraction of sp³-hybridized carbons (Fsp3) is 0.286. The van der Waals surface area contributed by atoms with E-state index in [0.717, 1.165) is 3.79 Å². The molecule has 3 atom stereocenters. The molecular formula is C14H15BrN2S. The molecule has 0 aliphatic heterocycles. The highest BCUT2D eigenvalue weighted by atomic mass is 79.9. The first kappa shape index (κ1) is 12.4. The molecule has 1 heterocycles. The Morgan fingerprint density at radius 2 is 2.00 bits per heavy atom. The Kier molecular flexibility index (Phi) is 3.52. The van der Waals surface area contributed by atoms with Gasteiger partial charge in [0, 0.05) is 4.88 Å². The molecule has 0 bridgehead atoms. The van der Waals surface area contributed by atoms with E-state index in [1.807, 2.05) is 0 Å². The largest absolute Gasteiger partial charge is 0.271 e. The summed E-state index contributed by atoms with van der Waals surface area (Å²) in [6.45, 7) is 0. The highest BCUT2D eigenvalue weighted by Crippen LogP contribution is 2.54. The van der Waals surface area contributed by atoms with Gasteiger partial charge < -0.3 is 0 Å². The summed E-state index contributed by atoms with van der Waals surface area (Å²) >= 11 is 5.27. The predicted octanol–water partition coefficient (Wildman–Crippen LogP) is 3.82. The Morgan fingerprint density at radius 1 is 1.22 bits per heavy atom. The van der Waals surface area contributed by atoms with Gasteiger partial charge in [-0.15, -0.1) is 11.3 Å². The Hall–Kier alpha value is -0.680. The summed E-state index contributed by atoms with van der Waals surface area (Å²) in [7, 11) is 0. The van der Waals surface area contributed by atoms with Gasteiger partial charge in [-0.2, -0.15) is 0 Å². The lowest BCUT2D eigenvalue weighted by molar-refractivity contribution is 0.495. The first-order chi connectivity index (χ1) is 8.79. The minimum absolute atomic E-state index is 0.270. The summed E-state index contributed by atoms with van der Waals surface area (Å²) < 4.78 is 1.16. The number of nitrogens with one attached hydrogen (secondary N) is 1. The molecule has 94 valence electrons. The van der Waals surface area contributed by atoms with Crippen LogP contribution >= 0.6 is 27.3 Å². The highest BCUT2D eigenvalue weighted by Gasteiger charge is 2.44. The molecule has 3 rings (SSSR count). The third-order valence-corrected chi connectivity index (χ3v) is 5.28. The fourth-order valence-electron chi connectivity index (χ4n) is 2.58. The molecule has 18 heavy (non-hydrogen) atoms. The van der Waals surface area contributed by atoms with Crippen LogP contribution in [0.3, 0.4) is 0 Å². The van der Waals surface area contributed by atoms with Crippen LogP contribution in [-0.2, 0) is 0 Å². The van der Waals surface area contributed by atoms with Crippen LogP contribution in [0.2, 0.25) is 0 Å². The molecule has 1 aromatic heterocycles. The van der Waals surface area contributed by atoms with Crippen molar-refractivity contribution in [3.05, 3.63) is 56.7 Å². The number of hydrazine groups is 1. The highest BCUT2D eigenvalue weighted by molar-refractivity contribution is 9.11. The Labute approximate surface area is 119 Å². The van der Waals surface area contributed by atoms with E-state index in [2.05, 4.69) is 63.8 Å². The molecule has 2 aromatic rings. The number of nitrogens with two attached hydrogens (primary N) is 1. The Balaban J connectivity index is 1.76. The van der Waals surface area contributed by atoms with E-state index >= 15 is 0 Å². The van der Waals surface area contributed by atoms with E-state index in [1.54, 1.807) is 11.3 Å². The van der Waals surface area contributed by atoms with E-state index in [9.17, 15) is 0 Å². The minimum atomic E-state index is 0.270. The Morgan fingerprint density at radius 3 is 2.61 bits per heavy atom. The van der Waals surface area contributed by atoms with Crippen molar-refractivity contribution in [3.8, 4) is 0 Å². The van der Waals surface area contributed by atoms with Gasteiger partial charge in [0.05, 0.1) is 9.83 Å². The maximum Gasteiger partial charge on any atom is 0.0702 e. The van der Waals surface area contributed by atoms with Crippen LogP contribution in [0.4, 0.5) is 0 Å². The predicted molar refractivity (Wildman–Crippen MR) is 79.4 cm³/mol. The van der Waals surface area contributed by atoms with E-state index in [1.165, 1.54) is 16.9 Å². The van der Waals surface area contributed by atoms with Crippen LogP contribution in [0, 0.1) is 5.92 Å². The molecule has 1 aromatic carbocycles. The number of hydrogen-bond donors (Lipinski definition) is 2. The molecule has 1 fully saturated rings. The van der Waals surface area contributed by atoms with Gasteiger partial charge in [-0.1, -0.05) is 30.3 Å². The molecule has 3 N–H and O–H groups in total. The summed E-state index contributed by atoms with van der Waals surface area (Å²) in [6, 6.07) is 15.2. The van der Waals surface area contributed by atoms with Crippen molar-refractivity contribution in [1.82, 2.24) is 5.43 Å². The second-order valence-electron chi connectivity index (χ2n) is 4.70. The summed E-state index contributed by atoms with van der Waals surface area (Å²) in [6.07, 6.45) is 1.22. The topological polar surface area (TPSA) is 38.0 Å². The summed E-state index contributed by atoms with van der Waals surface area (Å²) in [5.74, 6) is 7.00. The van der Waals surface area contributed by atoms with Gasteiger partial charge in [0.25, 0.3) is 0 Å². The SMILES string of the molecule is NNC(c1ccc(Br)s1)C1CC1c1ccccc1. The first-order valence-electron chi connectivity index (χ1n) is 6.06. The molecule has 1 aliphatic carbocycles. The zero-order valence-corrected chi connectivity index (χ0v) is 12.2. The third-order valence-electron chi connectivity index (χ3n) is 3.58. The summed E-state index contributed by atoms with van der Waals surface area (Å²) in [5, 5.41) is 0. The molecule has 0 spiro atoms. The molecule has 1 saturated carbocycles. The third kappa shape index (κ3) is 2.38. The molecule has 0 amide bonds. The lowest BCUT2D eigenvalue weighted by atomic mass is 10.0. The van der Waals surface area contributed by atoms with Crippen molar-refractivity contribution >= 4 is 27.3 Å². The average Bonchev–Trinajstić information content (AvgIpc) is 3.07. The quantitative estimate of drug-likeness (QED) is 0.663. The molecule has 0 radical (unpaired) electrons. The van der Waals surface area contributed by atoms with E-state index in [-0.39, 0.29) is 6.04 Å². The van der Waals surface area contributed by atoms with Crippen LogP contribution in [0.25, 0.3) is 0 Å². The van der Waals surface area contributed by atoms with Gasteiger partial charge in [-0.05, 0) is 51.9 Å². The Bertz CT molecular complexity index is 526. The van der Waals surface area contributed by atoms with E-state index in [4.69, 9.17) is 5.84 Å². The smallest absolute Gasteiger partial charge is 0.0702 e. The number of benzene rings is 1. The van der Waals surface area contributed by atoms with Crippen LogP contribution in [-0.4, -0.2) is 0 Å². The minimum Gasteiger partial charge on any atom is -0.271 e. The van der Waals surface area contributed by atoms with Crippen molar-refractivity contribution in [2.24, 2.45) is 11.8 Å². The van der Waals surface area contributed by atoms with Crippen LogP contribution in [0.1, 0.15) is 28.8 Å². The zero-order valence-electron chi connectivity index (χ0n) is 9.84. The second kappa shape index (κ2) is 5.13. The van der Waals surface area contributed by atoms with Crippen molar-refractivity contribution in [2.75, 3.05) is 0 Å². The lowest BCUT2D eigenvalue weighted by Crippen LogP contribution is -2.29. The molecular weight excluding hydrogens is 308 g/mol. The normalized spacial score (nSPS) is 23.9. The number of halogens is 1. The van der Waals surface area contributed by atoms with Gasteiger partial charge in [0.1, 0.15) is 0 Å². The maximum atomic E-state index is 5.74. The zero-order chi connectivity index (χ0) is 12.5. The monoisotopic (exact) mass is 322 g/mol. The summed E-state index contributed by atoms with van der Waals surface area (Å²) in [4.78, 5) is 1.31. The van der Waals surface area contributed by atoms with Gasteiger partial charge in [-0.25, -0.2) is 0 Å². The maximum absolute atomic E-state index is 5.74. The van der Waals surface area contributed by atoms with Gasteiger partial charge in [-0.3, -0.25) is 11.3 Å². The fourth-order valence-corrected chi connectivity index (χ4v) is 4.14. The van der Waals surface area contributed by atoms with Crippen molar-refractivity contribution < 1.29 is 0 Å².